The molecule has 1 amide bonds. The van der Waals surface area contributed by atoms with Crippen molar-refractivity contribution in [3.63, 3.8) is 0 Å². The second-order valence-electron chi connectivity index (χ2n) is 8.64. The summed E-state index contributed by atoms with van der Waals surface area (Å²) in [7, 11) is -3.86. The van der Waals surface area contributed by atoms with E-state index < -0.39 is 27.9 Å². The summed E-state index contributed by atoms with van der Waals surface area (Å²) in [6.07, 6.45) is 0. The molecule has 10 heteroatoms. The van der Waals surface area contributed by atoms with Gasteiger partial charge in [-0.3, -0.25) is 9.52 Å². The van der Waals surface area contributed by atoms with Crippen LogP contribution >= 0.6 is 11.6 Å². The van der Waals surface area contributed by atoms with Crippen molar-refractivity contribution < 1.29 is 23.1 Å². The Kier molecular flexibility index (Phi) is 8.08. The van der Waals surface area contributed by atoms with Crippen LogP contribution in [0.4, 0.5) is 5.69 Å². The summed E-state index contributed by atoms with van der Waals surface area (Å²) in [5, 5.41) is 12.1. The molecule has 0 aliphatic rings. The summed E-state index contributed by atoms with van der Waals surface area (Å²) in [5.74, 6) is -1.73. The van der Waals surface area contributed by atoms with Crippen molar-refractivity contribution >= 4 is 39.2 Å². The maximum atomic E-state index is 13.1. The largest absolute Gasteiger partial charge is 0.480 e. The molecule has 3 rings (SSSR count). The molecule has 0 saturated carbocycles. The lowest BCUT2D eigenvalue weighted by Crippen LogP contribution is -2.46. The maximum Gasteiger partial charge on any atom is 0.327 e. The molecule has 0 aromatic heterocycles. The number of carboxylic acid groups (broad SMARTS) is 1. The lowest BCUT2D eigenvalue weighted by molar-refractivity contribution is -0.138. The first-order chi connectivity index (χ1) is 16.8. The third-order valence-electron chi connectivity index (χ3n) is 5.79. The number of anilines is 1. The highest BCUT2D eigenvalue weighted by Crippen LogP contribution is 2.30. The van der Waals surface area contributed by atoms with Gasteiger partial charge < -0.3 is 16.2 Å². The van der Waals surface area contributed by atoms with Crippen molar-refractivity contribution in [2.45, 2.75) is 38.6 Å². The normalized spacial score (nSPS) is 12.2. The molecule has 0 fully saturated rings. The van der Waals surface area contributed by atoms with Crippen LogP contribution in [0.25, 0.3) is 11.1 Å². The van der Waals surface area contributed by atoms with E-state index in [9.17, 15) is 23.1 Å². The predicted molar refractivity (Wildman–Crippen MR) is 141 cm³/mol. The van der Waals surface area contributed by atoms with Gasteiger partial charge in [0.05, 0.1) is 4.90 Å². The Hall–Kier alpha value is -3.40. The summed E-state index contributed by atoms with van der Waals surface area (Å²) in [4.78, 5) is 24.1. The van der Waals surface area contributed by atoms with E-state index in [1.807, 2.05) is 6.07 Å². The van der Waals surface area contributed by atoms with E-state index >= 15 is 0 Å². The van der Waals surface area contributed by atoms with E-state index in [4.69, 9.17) is 17.3 Å². The number of halogens is 1. The second-order valence-corrected chi connectivity index (χ2v) is 10.7. The van der Waals surface area contributed by atoms with Crippen LogP contribution in [0.5, 0.6) is 0 Å². The number of hydrogen-bond acceptors (Lipinski definition) is 5. The summed E-state index contributed by atoms with van der Waals surface area (Å²) in [6.45, 7) is 6.71. The number of sulfonamides is 1. The SMILES string of the molecule is Cc1cc(S(=O)(=O)Nc2cccc(-c3cc(C)c(C(=O)N[C@@H](CN)C(=O)O)c(C)c3)c2)c(C)cc1Cl. The number of amides is 1. The lowest BCUT2D eigenvalue weighted by Gasteiger charge is -2.17. The molecule has 0 radical (unpaired) electrons. The summed E-state index contributed by atoms with van der Waals surface area (Å²) < 4.78 is 28.8. The molecular weight excluding hydrogens is 502 g/mol. The highest BCUT2D eigenvalue weighted by molar-refractivity contribution is 7.92. The van der Waals surface area contributed by atoms with Crippen LogP contribution in [-0.4, -0.2) is 38.0 Å². The Morgan fingerprint density at radius 2 is 1.58 bits per heavy atom. The maximum absolute atomic E-state index is 13.1. The first kappa shape index (κ1) is 27.2. The molecule has 3 aromatic rings. The van der Waals surface area contributed by atoms with E-state index in [0.29, 0.717) is 38.5 Å². The minimum absolute atomic E-state index is 0.147. The number of hydrogen-bond donors (Lipinski definition) is 4. The topological polar surface area (TPSA) is 139 Å². The fourth-order valence-corrected chi connectivity index (χ4v) is 5.54. The number of nitrogens with two attached hydrogens (primary N) is 1. The third kappa shape index (κ3) is 5.87. The van der Waals surface area contributed by atoms with Crippen LogP contribution in [0.1, 0.15) is 32.6 Å². The van der Waals surface area contributed by atoms with Gasteiger partial charge in [0, 0.05) is 22.8 Å². The fraction of sp³-hybridized carbons (Fsp3) is 0.231. The Morgan fingerprint density at radius 3 is 2.17 bits per heavy atom. The molecule has 0 aliphatic heterocycles. The number of carboxylic acids is 1. The predicted octanol–water partition coefficient (Wildman–Crippen LogP) is 4.18. The van der Waals surface area contributed by atoms with Gasteiger partial charge in [0.25, 0.3) is 15.9 Å². The summed E-state index contributed by atoms with van der Waals surface area (Å²) in [5.41, 5.74) is 10.2. The molecule has 190 valence electrons. The molecular formula is C26H28ClN3O5S. The Balaban J connectivity index is 1.92. The Labute approximate surface area is 215 Å². The van der Waals surface area contributed by atoms with Gasteiger partial charge in [-0.2, -0.15) is 0 Å². The van der Waals surface area contributed by atoms with Crippen LogP contribution < -0.4 is 15.8 Å². The highest BCUT2D eigenvalue weighted by Gasteiger charge is 2.22. The van der Waals surface area contributed by atoms with Crippen molar-refractivity contribution in [3.8, 4) is 11.1 Å². The van der Waals surface area contributed by atoms with Crippen LogP contribution in [-0.2, 0) is 14.8 Å². The van der Waals surface area contributed by atoms with E-state index in [1.165, 1.54) is 0 Å². The van der Waals surface area contributed by atoms with Crippen molar-refractivity contribution in [1.29, 1.82) is 0 Å². The van der Waals surface area contributed by atoms with Crippen LogP contribution in [0, 0.1) is 27.7 Å². The summed E-state index contributed by atoms with van der Waals surface area (Å²) in [6, 6.07) is 12.5. The standard InChI is InChI=1S/C26H28ClN3O5S/c1-14-11-23(15(2)10-21(14)27)36(34,35)30-20-7-5-6-18(12-20)19-8-16(3)24(17(4)9-19)25(31)29-22(13-28)26(32)33/h5-12,22,30H,13,28H2,1-4H3,(H,29,31)(H,32,33)/t22-/m0/s1. The van der Waals surface area contributed by atoms with Gasteiger partial charge in [0.15, 0.2) is 0 Å². The summed E-state index contributed by atoms with van der Waals surface area (Å²) >= 11 is 6.11. The molecule has 3 aromatic carbocycles. The Morgan fingerprint density at radius 1 is 0.944 bits per heavy atom. The van der Waals surface area contributed by atoms with Gasteiger partial charge >= 0.3 is 5.97 Å². The highest BCUT2D eigenvalue weighted by atomic mass is 35.5. The zero-order valence-electron chi connectivity index (χ0n) is 20.3. The van der Waals surface area contributed by atoms with E-state index in [-0.39, 0.29) is 11.4 Å². The van der Waals surface area contributed by atoms with Crippen LogP contribution in [0.3, 0.4) is 0 Å². The fourth-order valence-electron chi connectivity index (χ4n) is 3.96. The van der Waals surface area contributed by atoms with Crippen LogP contribution in [0.2, 0.25) is 5.02 Å². The number of carbonyl (C=O) groups is 2. The first-order valence-electron chi connectivity index (χ1n) is 11.1. The quantitative estimate of drug-likeness (QED) is 0.345. The lowest BCUT2D eigenvalue weighted by atomic mass is 9.94. The zero-order chi connectivity index (χ0) is 26.8. The number of aryl methyl sites for hydroxylation is 4. The monoisotopic (exact) mass is 529 g/mol. The van der Waals surface area contributed by atoms with Crippen molar-refractivity contribution in [3.05, 3.63) is 81.4 Å². The van der Waals surface area contributed by atoms with Crippen LogP contribution in [0.15, 0.2) is 53.4 Å². The minimum Gasteiger partial charge on any atom is -0.480 e. The molecule has 8 nitrogen and oxygen atoms in total. The van der Waals surface area contributed by atoms with Gasteiger partial charge in [0.2, 0.25) is 0 Å². The molecule has 0 bridgehead atoms. The first-order valence-corrected chi connectivity index (χ1v) is 12.9. The molecule has 5 N–H and O–H groups in total. The zero-order valence-corrected chi connectivity index (χ0v) is 21.9. The van der Waals surface area contributed by atoms with Crippen molar-refractivity contribution in [2.24, 2.45) is 5.73 Å². The van der Waals surface area contributed by atoms with E-state index in [2.05, 4.69) is 10.0 Å². The van der Waals surface area contributed by atoms with Gasteiger partial charge in [-0.1, -0.05) is 35.9 Å². The molecule has 0 saturated heterocycles. The van der Waals surface area contributed by atoms with Gasteiger partial charge in [-0.15, -0.1) is 0 Å². The molecule has 36 heavy (non-hydrogen) atoms. The number of rotatable bonds is 8. The van der Waals surface area contributed by atoms with E-state index in [0.717, 1.165) is 11.1 Å². The van der Waals surface area contributed by atoms with Crippen molar-refractivity contribution in [1.82, 2.24) is 5.32 Å². The third-order valence-corrected chi connectivity index (χ3v) is 7.72. The minimum atomic E-state index is -3.86. The average molecular weight is 530 g/mol. The number of nitrogens with one attached hydrogen (secondary N) is 2. The number of carbonyl (C=O) groups excluding carboxylic acids is 1. The molecule has 0 unspecified atom stereocenters. The van der Waals surface area contributed by atoms with Gasteiger partial charge in [-0.05, 0) is 85.3 Å². The molecule has 1 atom stereocenters. The average Bonchev–Trinajstić information content (AvgIpc) is 2.78. The molecule has 0 aliphatic carbocycles. The smallest absolute Gasteiger partial charge is 0.327 e. The van der Waals surface area contributed by atoms with E-state index in [1.54, 1.807) is 70.2 Å². The second kappa shape index (κ2) is 10.7. The number of aliphatic carboxylic acids is 1. The number of benzene rings is 3. The van der Waals surface area contributed by atoms with Gasteiger partial charge in [0.1, 0.15) is 6.04 Å². The molecule has 0 spiro atoms. The van der Waals surface area contributed by atoms with Crippen molar-refractivity contribution in [2.75, 3.05) is 11.3 Å². The molecule has 0 heterocycles. The Bertz CT molecular complexity index is 1430. The van der Waals surface area contributed by atoms with Gasteiger partial charge in [-0.25, -0.2) is 13.2 Å².